The van der Waals surface area contributed by atoms with E-state index in [-0.39, 0.29) is 32.6 Å². The van der Waals surface area contributed by atoms with E-state index >= 15 is 0 Å². The highest BCUT2D eigenvalue weighted by Gasteiger charge is 2.25. The van der Waals surface area contributed by atoms with Crippen LogP contribution in [0.15, 0.2) is 60.8 Å². The maximum Gasteiger partial charge on any atom is 0.472 e. The molecule has 3 N–H and O–H groups in total. The van der Waals surface area contributed by atoms with Crippen molar-refractivity contribution < 1.29 is 37.6 Å². The van der Waals surface area contributed by atoms with E-state index in [2.05, 4.69) is 74.6 Å². The molecule has 0 heterocycles. The zero-order valence-electron chi connectivity index (χ0n) is 31.4. The van der Waals surface area contributed by atoms with E-state index in [0.717, 1.165) is 96.3 Å². The van der Waals surface area contributed by atoms with E-state index in [4.69, 9.17) is 24.3 Å². The first-order valence-electron chi connectivity index (χ1n) is 19.3. The Labute approximate surface area is 304 Å². The average molecular weight is 724 g/mol. The van der Waals surface area contributed by atoms with Crippen LogP contribution in [0.3, 0.4) is 0 Å². The molecule has 0 bridgehead atoms. The molecule has 2 atom stereocenters. The molecule has 0 spiro atoms. The van der Waals surface area contributed by atoms with Crippen LogP contribution >= 0.6 is 7.82 Å². The fraction of sp³-hybridized carbons (Fsp3) is 0.700. The minimum atomic E-state index is -4.38. The highest BCUT2D eigenvalue weighted by atomic mass is 31.2. The van der Waals surface area contributed by atoms with Crippen molar-refractivity contribution >= 4 is 19.8 Å². The van der Waals surface area contributed by atoms with E-state index in [0.29, 0.717) is 12.8 Å². The zero-order valence-corrected chi connectivity index (χ0v) is 32.3. The molecular formula is C40H70NO8P. The lowest BCUT2D eigenvalue weighted by molar-refractivity contribution is -0.161. The highest BCUT2D eigenvalue weighted by molar-refractivity contribution is 7.47. The topological polar surface area (TPSA) is 134 Å². The van der Waals surface area contributed by atoms with Crippen molar-refractivity contribution in [1.82, 2.24) is 0 Å². The van der Waals surface area contributed by atoms with Crippen LogP contribution in [0.2, 0.25) is 0 Å². The second kappa shape index (κ2) is 36.5. The van der Waals surface area contributed by atoms with Gasteiger partial charge in [0, 0.05) is 19.4 Å². The Bertz CT molecular complexity index is 1010. The zero-order chi connectivity index (χ0) is 36.8. The van der Waals surface area contributed by atoms with Crippen molar-refractivity contribution in [2.45, 2.75) is 155 Å². The summed E-state index contributed by atoms with van der Waals surface area (Å²) in [7, 11) is -4.38. The van der Waals surface area contributed by atoms with Gasteiger partial charge in [0.2, 0.25) is 0 Å². The largest absolute Gasteiger partial charge is 0.472 e. The maximum absolute atomic E-state index is 12.5. The first-order chi connectivity index (χ1) is 24.3. The van der Waals surface area contributed by atoms with Crippen molar-refractivity contribution in [3.05, 3.63) is 60.8 Å². The van der Waals surface area contributed by atoms with Crippen LogP contribution in [0.4, 0.5) is 0 Å². The molecule has 0 aliphatic carbocycles. The number of hydrogen-bond donors (Lipinski definition) is 2. The molecule has 50 heavy (non-hydrogen) atoms. The second-order valence-corrected chi connectivity index (χ2v) is 13.9. The van der Waals surface area contributed by atoms with Gasteiger partial charge in [-0.2, -0.15) is 0 Å². The second-order valence-electron chi connectivity index (χ2n) is 12.4. The van der Waals surface area contributed by atoms with Gasteiger partial charge in [-0.15, -0.1) is 0 Å². The fourth-order valence-electron chi connectivity index (χ4n) is 4.78. The van der Waals surface area contributed by atoms with Gasteiger partial charge in [0.25, 0.3) is 0 Å². The summed E-state index contributed by atoms with van der Waals surface area (Å²) >= 11 is 0. The summed E-state index contributed by atoms with van der Waals surface area (Å²) < 4.78 is 32.6. The molecule has 0 radical (unpaired) electrons. The SMILES string of the molecule is CC/C=C\C/C=C\C/C=C\CCCCCCCC(=O)OC[C@H](COP(=O)(O)OCCN)OC(=O)CCCCCCC/C=C\C/C=C\CCCC. The third kappa shape index (κ3) is 35.5. The normalized spacial score (nSPS) is 14.1. The van der Waals surface area contributed by atoms with Crippen molar-refractivity contribution in [2.75, 3.05) is 26.4 Å². The quantitative estimate of drug-likeness (QED) is 0.0283. The Morgan fingerprint density at radius 1 is 0.620 bits per heavy atom. The van der Waals surface area contributed by atoms with Crippen LogP contribution < -0.4 is 5.73 Å². The van der Waals surface area contributed by atoms with Gasteiger partial charge >= 0.3 is 19.8 Å². The molecule has 0 aliphatic heterocycles. The van der Waals surface area contributed by atoms with Crippen molar-refractivity contribution in [1.29, 1.82) is 0 Å². The van der Waals surface area contributed by atoms with Crippen molar-refractivity contribution in [2.24, 2.45) is 5.73 Å². The van der Waals surface area contributed by atoms with Crippen LogP contribution in [-0.4, -0.2) is 49.3 Å². The minimum absolute atomic E-state index is 0.0456. The fourth-order valence-corrected chi connectivity index (χ4v) is 5.55. The van der Waals surface area contributed by atoms with Crippen LogP contribution in [0.5, 0.6) is 0 Å². The van der Waals surface area contributed by atoms with Gasteiger partial charge in [-0.25, -0.2) is 4.57 Å². The minimum Gasteiger partial charge on any atom is -0.462 e. The summed E-state index contributed by atoms with van der Waals surface area (Å²) in [4.78, 5) is 34.7. The van der Waals surface area contributed by atoms with E-state index in [1.54, 1.807) is 0 Å². The number of phosphoric acid groups is 1. The molecule has 0 aromatic rings. The van der Waals surface area contributed by atoms with Crippen LogP contribution in [0.25, 0.3) is 0 Å². The Morgan fingerprint density at radius 3 is 1.64 bits per heavy atom. The first kappa shape index (κ1) is 47.7. The standard InChI is InChI=1S/C40H70NO8P/c1-3-5-7-9-11-13-15-17-19-21-22-24-26-28-30-32-39(42)46-36-38(37-48-50(44,45)47-35-34-41)49-40(43)33-31-29-27-25-23-20-18-16-14-12-10-8-6-4-2/h5,7,10-13,16-19,38H,3-4,6,8-9,14-15,20-37,41H2,1-2H3,(H,44,45)/b7-5-,12-10-,13-11-,18-16-,19-17-/t38-/m1/s1. The summed E-state index contributed by atoms with van der Waals surface area (Å²) in [5.41, 5.74) is 5.33. The Hall–Kier alpha value is -2.29. The number of nitrogens with two attached hydrogens (primary N) is 1. The summed E-state index contributed by atoms with van der Waals surface area (Å²) in [6, 6.07) is 0. The van der Waals surface area contributed by atoms with Crippen LogP contribution in [-0.2, 0) is 32.7 Å². The number of ether oxygens (including phenoxy) is 2. The van der Waals surface area contributed by atoms with E-state index in [1.165, 1.54) is 12.8 Å². The van der Waals surface area contributed by atoms with Gasteiger partial charge in [-0.3, -0.25) is 18.6 Å². The highest BCUT2D eigenvalue weighted by Crippen LogP contribution is 2.43. The molecule has 0 saturated carbocycles. The summed E-state index contributed by atoms with van der Waals surface area (Å²) in [5, 5.41) is 0. The number of unbranched alkanes of at least 4 members (excludes halogenated alkanes) is 12. The van der Waals surface area contributed by atoms with Gasteiger partial charge < -0.3 is 20.1 Å². The summed E-state index contributed by atoms with van der Waals surface area (Å²) in [5.74, 6) is -0.872. The number of rotatable bonds is 35. The smallest absolute Gasteiger partial charge is 0.462 e. The number of esters is 2. The van der Waals surface area contributed by atoms with Gasteiger partial charge in [-0.1, -0.05) is 126 Å². The monoisotopic (exact) mass is 723 g/mol. The molecule has 0 aromatic heterocycles. The number of phosphoric ester groups is 1. The van der Waals surface area contributed by atoms with Gasteiger partial charge in [0.05, 0.1) is 13.2 Å². The lowest BCUT2D eigenvalue weighted by Crippen LogP contribution is -2.29. The molecule has 0 fully saturated rings. The third-order valence-electron chi connectivity index (χ3n) is 7.64. The third-order valence-corrected chi connectivity index (χ3v) is 8.62. The molecule has 0 aliphatic rings. The molecule has 0 rings (SSSR count). The Morgan fingerprint density at radius 2 is 1.10 bits per heavy atom. The molecule has 9 nitrogen and oxygen atoms in total. The maximum atomic E-state index is 12.5. The van der Waals surface area contributed by atoms with Gasteiger partial charge in [0.15, 0.2) is 6.10 Å². The van der Waals surface area contributed by atoms with E-state index in [9.17, 15) is 19.0 Å². The van der Waals surface area contributed by atoms with Crippen molar-refractivity contribution in [3.63, 3.8) is 0 Å². The number of carbonyl (C=O) groups is 2. The number of carbonyl (C=O) groups excluding carboxylic acids is 2. The van der Waals surface area contributed by atoms with Crippen LogP contribution in [0, 0.1) is 0 Å². The molecule has 0 amide bonds. The summed E-state index contributed by atoms with van der Waals surface area (Å²) in [6.45, 7) is 3.51. The molecule has 288 valence electrons. The first-order valence-corrected chi connectivity index (χ1v) is 20.8. The molecule has 10 heteroatoms. The predicted octanol–water partition coefficient (Wildman–Crippen LogP) is 10.5. The van der Waals surface area contributed by atoms with E-state index < -0.39 is 32.5 Å². The lowest BCUT2D eigenvalue weighted by atomic mass is 10.1. The Kier molecular flexibility index (Phi) is 34.8. The molecular weight excluding hydrogens is 653 g/mol. The predicted molar refractivity (Wildman–Crippen MR) is 206 cm³/mol. The van der Waals surface area contributed by atoms with Gasteiger partial charge in [0.1, 0.15) is 6.61 Å². The van der Waals surface area contributed by atoms with Gasteiger partial charge in [-0.05, 0) is 70.6 Å². The lowest BCUT2D eigenvalue weighted by Gasteiger charge is -2.19. The molecule has 0 aromatic carbocycles. The van der Waals surface area contributed by atoms with E-state index in [1.807, 2.05) is 0 Å². The average Bonchev–Trinajstić information content (AvgIpc) is 3.10. The Balaban J connectivity index is 4.28. The molecule has 1 unspecified atom stereocenters. The summed E-state index contributed by atoms with van der Waals surface area (Å²) in [6.07, 6.45) is 41.0. The van der Waals surface area contributed by atoms with Crippen molar-refractivity contribution in [3.8, 4) is 0 Å². The number of allylic oxidation sites excluding steroid dienone is 10. The van der Waals surface area contributed by atoms with Crippen LogP contribution in [0.1, 0.15) is 149 Å². The number of hydrogen-bond acceptors (Lipinski definition) is 8. The molecule has 0 saturated heterocycles.